The third kappa shape index (κ3) is 4.58. The van der Waals surface area contributed by atoms with Crippen molar-refractivity contribution in [1.82, 2.24) is 10.2 Å². The highest BCUT2D eigenvalue weighted by Crippen LogP contribution is 2.33. The Labute approximate surface area is 186 Å². The van der Waals surface area contributed by atoms with Crippen molar-refractivity contribution in [3.63, 3.8) is 0 Å². The second-order valence-electron chi connectivity index (χ2n) is 7.76. The number of rotatable bonds is 7. The van der Waals surface area contributed by atoms with E-state index in [-0.39, 0.29) is 12.6 Å². The maximum Gasteiger partial charge on any atom is 0.159 e. The summed E-state index contributed by atoms with van der Waals surface area (Å²) in [6, 6.07) is 15.6. The average molecular weight is 437 g/mol. The molecule has 4 rings (SSSR count). The summed E-state index contributed by atoms with van der Waals surface area (Å²) in [6.45, 7) is 3.73. The molecule has 3 aromatic carbocycles. The fourth-order valence-electron chi connectivity index (χ4n) is 4.26. The van der Waals surface area contributed by atoms with Gasteiger partial charge in [-0.05, 0) is 34.5 Å². The minimum absolute atomic E-state index is 0.219. The molecule has 3 aromatic rings. The number of halogens is 2. The predicted octanol–water partition coefficient (Wildman–Crippen LogP) is 4.16. The van der Waals surface area contributed by atoms with Crippen LogP contribution in [0.2, 0.25) is 0 Å². The summed E-state index contributed by atoms with van der Waals surface area (Å²) in [4.78, 5) is 2.21. The van der Waals surface area contributed by atoms with E-state index in [0.29, 0.717) is 23.5 Å². The molecule has 32 heavy (non-hydrogen) atoms. The molecule has 1 saturated heterocycles. The number of nitrogens with one attached hydrogen (secondary N) is 1. The maximum atomic E-state index is 14.0. The van der Waals surface area contributed by atoms with Crippen molar-refractivity contribution in [3.8, 4) is 11.8 Å². The SMILES string of the molecule is COc1c(C#N)cc2ccccc2c1COCC(c1ccc(F)c(F)c1)N1CCNCC1. The van der Waals surface area contributed by atoms with Gasteiger partial charge in [-0.2, -0.15) is 5.26 Å². The molecular weight excluding hydrogens is 412 g/mol. The van der Waals surface area contributed by atoms with Gasteiger partial charge in [0.1, 0.15) is 11.8 Å². The molecule has 1 atom stereocenters. The number of nitriles is 1. The van der Waals surface area contributed by atoms with E-state index in [1.807, 2.05) is 30.3 Å². The Morgan fingerprint density at radius 2 is 1.88 bits per heavy atom. The number of hydrogen-bond donors (Lipinski definition) is 1. The Balaban J connectivity index is 1.61. The van der Waals surface area contributed by atoms with Crippen molar-refractivity contribution in [1.29, 1.82) is 5.26 Å². The molecule has 0 saturated carbocycles. The van der Waals surface area contributed by atoms with E-state index < -0.39 is 11.6 Å². The number of fused-ring (bicyclic) bond motifs is 1. The van der Waals surface area contributed by atoms with Gasteiger partial charge in [-0.15, -0.1) is 0 Å². The third-order valence-electron chi connectivity index (χ3n) is 5.87. The van der Waals surface area contributed by atoms with Gasteiger partial charge in [0, 0.05) is 31.7 Å². The van der Waals surface area contributed by atoms with Crippen LogP contribution in [0.3, 0.4) is 0 Å². The predicted molar refractivity (Wildman–Crippen MR) is 118 cm³/mol. The Morgan fingerprint density at radius 3 is 2.59 bits per heavy atom. The van der Waals surface area contributed by atoms with Crippen LogP contribution in [0.15, 0.2) is 48.5 Å². The third-order valence-corrected chi connectivity index (χ3v) is 5.87. The normalized spacial score (nSPS) is 15.4. The lowest BCUT2D eigenvalue weighted by atomic mass is 10.00. The highest BCUT2D eigenvalue weighted by atomic mass is 19.2. The number of methoxy groups -OCH3 is 1. The first-order valence-corrected chi connectivity index (χ1v) is 10.6. The molecule has 1 aliphatic rings. The summed E-state index contributed by atoms with van der Waals surface area (Å²) in [5, 5.41) is 14.8. The van der Waals surface area contributed by atoms with Crippen LogP contribution in [0.1, 0.15) is 22.7 Å². The Hall–Kier alpha value is -3.05. The van der Waals surface area contributed by atoms with Crippen molar-refractivity contribution < 1.29 is 18.3 Å². The fraction of sp³-hybridized carbons (Fsp3) is 0.320. The highest BCUT2D eigenvalue weighted by molar-refractivity contribution is 5.89. The maximum absolute atomic E-state index is 14.0. The molecule has 1 fully saturated rings. The largest absolute Gasteiger partial charge is 0.495 e. The van der Waals surface area contributed by atoms with Crippen LogP contribution in [0.25, 0.3) is 10.8 Å². The summed E-state index contributed by atoms with van der Waals surface area (Å²) in [5.74, 6) is -1.23. The number of piperazine rings is 1. The first kappa shape index (κ1) is 22.2. The number of hydrogen-bond acceptors (Lipinski definition) is 5. The number of benzene rings is 3. The first-order chi connectivity index (χ1) is 15.6. The van der Waals surface area contributed by atoms with Gasteiger partial charge in [0.2, 0.25) is 0 Å². The van der Waals surface area contributed by atoms with Crippen LogP contribution in [-0.2, 0) is 11.3 Å². The monoisotopic (exact) mass is 437 g/mol. The molecule has 0 aromatic heterocycles. The molecule has 5 nitrogen and oxygen atoms in total. The highest BCUT2D eigenvalue weighted by Gasteiger charge is 2.24. The Bertz CT molecular complexity index is 1140. The van der Waals surface area contributed by atoms with Gasteiger partial charge in [0.15, 0.2) is 11.6 Å². The molecule has 166 valence electrons. The molecule has 0 aliphatic carbocycles. The molecular formula is C25H25F2N3O2. The van der Waals surface area contributed by atoms with Crippen LogP contribution in [-0.4, -0.2) is 44.8 Å². The van der Waals surface area contributed by atoms with Crippen LogP contribution in [0, 0.1) is 23.0 Å². The molecule has 7 heteroatoms. The van der Waals surface area contributed by atoms with Crippen LogP contribution < -0.4 is 10.1 Å². The molecule has 0 radical (unpaired) electrons. The van der Waals surface area contributed by atoms with Crippen molar-refractivity contribution in [2.45, 2.75) is 12.6 Å². The minimum atomic E-state index is -0.864. The van der Waals surface area contributed by atoms with Gasteiger partial charge in [-0.25, -0.2) is 8.78 Å². The molecule has 1 heterocycles. The lowest BCUT2D eigenvalue weighted by Crippen LogP contribution is -2.46. The summed E-state index contributed by atoms with van der Waals surface area (Å²) in [6.07, 6.45) is 0. The minimum Gasteiger partial charge on any atom is -0.495 e. The van der Waals surface area contributed by atoms with Gasteiger partial charge in [0.25, 0.3) is 0 Å². The standard InChI is InChI=1S/C25H25F2N3O2/c1-31-25-19(14-28)12-17-4-2-3-5-20(17)21(25)15-32-16-24(30-10-8-29-9-11-30)18-6-7-22(26)23(27)13-18/h2-7,12-13,24,29H,8-11,15-16H2,1H3. The zero-order valence-corrected chi connectivity index (χ0v) is 17.9. The summed E-state index contributed by atoms with van der Waals surface area (Å²) in [7, 11) is 1.54. The van der Waals surface area contributed by atoms with Gasteiger partial charge >= 0.3 is 0 Å². The smallest absolute Gasteiger partial charge is 0.159 e. The van der Waals surface area contributed by atoms with Crippen molar-refractivity contribution in [2.75, 3.05) is 39.9 Å². The van der Waals surface area contributed by atoms with Crippen molar-refractivity contribution in [3.05, 3.63) is 76.9 Å². The van der Waals surface area contributed by atoms with E-state index >= 15 is 0 Å². The van der Waals surface area contributed by atoms with Crippen LogP contribution >= 0.6 is 0 Å². The van der Waals surface area contributed by atoms with E-state index in [9.17, 15) is 14.0 Å². The topological polar surface area (TPSA) is 57.5 Å². The molecule has 1 N–H and O–H groups in total. The van der Waals surface area contributed by atoms with Crippen LogP contribution in [0.5, 0.6) is 5.75 Å². The first-order valence-electron chi connectivity index (χ1n) is 10.6. The fourth-order valence-corrected chi connectivity index (χ4v) is 4.26. The van der Waals surface area contributed by atoms with E-state index in [1.54, 1.807) is 13.2 Å². The molecule has 0 spiro atoms. The lowest BCUT2D eigenvalue weighted by molar-refractivity contribution is 0.0438. The second-order valence-corrected chi connectivity index (χ2v) is 7.76. The number of nitrogens with zero attached hydrogens (tertiary/aromatic N) is 2. The molecule has 1 unspecified atom stereocenters. The lowest BCUT2D eigenvalue weighted by Gasteiger charge is -2.35. The van der Waals surface area contributed by atoms with Gasteiger partial charge in [0.05, 0.1) is 31.9 Å². The average Bonchev–Trinajstić information content (AvgIpc) is 2.83. The quantitative estimate of drug-likeness (QED) is 0.602. The van der Waals surface area contributed by atoms with Gasteiger partial charge < -0.3 is 14.8 Å². The number of ether oxygens (including phenoxy) is 2. The summed E-state index contributed by atoms with van der Waals surface area (Å²) < 4.78 is 39.2. The van der Waals surface area contributed by atoms with E-state index in [2.05, 4.69) is 16.3 Å². The summed E-state index contributed by atoms with van der Waals surface area (Å²) >= 11 is 0. The van der Waals surface area contributed by atoms with E-state index in [0.717, 1.165) is 48.6 Å². The summed E-state index contributed by atoms with van der Waals surface area (Å²) in [5.41, 5.74) is 1.92. The second kappa shape index (κ2) is 10.0. The zero-order chi connectivity index (χ0) is 22.5. The van der Waals surface area contributed by atoms with Gasteiger partial charge in [-0.3, -0.25) is 4.90 Å². The van der Waals surface area contributed by atoms with E-state index in [4.69, 9.17) is 9.47 Å². The molecule has 0 bridgehead atoms. The Kier molecular flexibility index (Phi) is 6.96. The zero-order valence-electron chi connectivity index (χ0n) is 17.9. The molecule has 1 aliphatic heterocycles. The van der Waals surface area contributed by atoms with Crippen molar-refractivity contribution in [2.24, 2.45) is 0 Å². The van der Waals surface area contributed by atoms with Crippen molar-refractivity contribution >= 4 is 10.8 Å². The van der Waals surface area contributed by atoms with Gasteiger partial charge in [-0.1, -0.05) is 30.3 Å². The Morgan fingerprint density at radius 1 is 1.09 bits per heavy atom. The van der Waals surface area contributed by atoms with E-state index in [1.165, 1.54) is 6.07 Å². The molecule has 0 amide bonds. The van der Waals surface area contributed by atoms with Crippen LogP contribution in [0.4, 0.5) is 8.78 Å².